The molecule has 2 N–H and O–H groups in total. The SMILES string of the molecule is Cn1nccc1C(=O)NCc1nc2ccc(C#N)cc2[nH]1.FC1(F)CCCCC1. The number of alkyl halides is 2. The van der Waals surface area contributed by atoms with E-state index >= 15 is 0 Å². The minimum absolute atomic E-state index is 0.118. The van der Waals surface area contributed by atoms with Crippen molar-refractivity contribution >= 4 is 16.9 Å². The van der Waals surface area contributed by atoms with E-state index in [0.717, 1.165) is 17.5 Å². The number of imidazole rings is 1. The Labute approximate surface area is 166 Å². The second-order valence-corrected chi connectivity index (χ2v) is 6.97. The molecular weight excluding hydrogens is 378 g/mol. The van der Waals surface area contributed by atoms with Gasteiger partial charge < -0.3 is 10.3 Å². The van der Waals surface area contributed by atoms with E-state index in [9.17, 15) is 13.6 Å². The summed E-state index contributed by atoms with van der Waals surface area (Å²) in [5, 5.41) is 15.6. The first-order chi connectivity index (χ1) is 13.9. The number of halogens is 2. The third kappa shape index (κ3) is 5.38. The average molecular weight is 400 g/mol. The number of nitrogens with one attached hydrogen (secondary N) is 2. The molecule has 2 aromatic heterocycles. The fourth-order valence-corrected chi connectivity index (χ4v) is 3.14. The Morgan fingerprint density at radius 2 is 2.07 bits per heavy atom. The quantitative estimate of drug-likeness (QED) is 0.700. The lowest BCUT2D eigenvalue weighted by molar-refractivity contribution is -0.0337. The van der Waals surface area contributed by atoms with Crippen molar-refractivity contribution < 1.29 is 13.6 Å². The summed E-state index contributed by atoms with van der Waals surface area (Å²) in [4.78, 5) is 19.4. The van der Waals surface area contributed by atoms with Gasteiger partial charge in [0.2, 0.25) is 5.92 Å². The molecule has 9 heteroatoms. The van der Waals surface area contributed by atoms with Crippen LogP contribution in [0.3, 0.4) is 0 Å². The third-order valence-corrected chi connectivity index (χ3v) is 4.72. The number of amides is 1. The Bertz CT molecular complexity index is 1030. The van der Waals surface area contributed by atoms with Crippen molar-refractivity contribution in [3.8, 4) is 6.07 Å². The van der Waals surface area contributed by atoms with Crippen molar-refractivity contribution in [1.29, 1.82) is 5.26 Å². The number of rotatable bonds is 3. The van der Waals surface area contributed by atoms with E-state index < -0.39 is 5.92 Å². The molecule has 4 rings (SSSR count). The van der Waals surface area contributed by atoms with E-state index in [2.05, 4.69) is 26.5 Å². The number of nitriles is 1. The van der Waals surface area contributed by atoms with E-state index in [1.807, 2.05) is 0 Å². The molecule has 0 saturated heterocycles. The number of aromatic amines is 1. The van der Waals surface area contributed by atoms with Gasteiger partial charge >= 0.3 is 0 Å². The van der Waals surface area contributed by atoms with Gasteiger partial charge in [0.15, 0.2) is 0 Å². The van der Waals surface area contributed by atoms with Crippen LogP contribution < -0.4 is 5.32 Å². The number of fused-ring (bicyclic) bond motifs is 1. The number of carbonyl (C=O) groups excluding carboxylic acids is 1. The molecule has 1 saturated carbocycles. The fraction of sp³-hybridized carbons (Fsp3) is 0.400. The molecule has 7 nitrogen and oxygen atoms in total. The van der Waals surface area contributed by atoms with Gasteiger partial charge in [-0.3, -0.25) is 9.48 Å². The third-order valence-electron chi connectivity index (χ3n) is 4.72. The minimum Gasteiger partial charge on any atom is -0.343 e. The van der Waals surface area contributed by atoms with Crippen LogP contribution in [-0.4, -0.2) is 31.6 Å². The van der Waals surface area contributed by atoms with Gasteiger partial charge in [-0.15, -0.1) is 0 Å². The zero-order chi connectivity index (χ0) is 20.9. The van der Waals surface area contributed by atoms with Crippen molar-refractivity contribution in [1.82, 2.24) is 25.1 Å². The van der Waals surface area contributed by atoms with Crippen molar-refractivity contribution in [2.75, 3.05) is 0 Å². The molecule has 0 unspecified atom stereocenters. The molecule has 0 atom stereocenters. The molecule has 0 aliphatic heterocycles. The number of aryl methyl sites for hydroxylation is 1. The average Bonchev–Trinajstić information content (AvgIpc) is 3.31. The standard InChI is InChI=1S/C14H12N6O.C6H10F2/c1-20-12(4-5-17-20)14(21)16-8-13-18-10-3-2-9(7-15)6-11(10)19-13;7-6(8)4-2-1-3-5-6/h2-6H,8H2,1H3,(H,16,21)(H,18,19);1-5H2. The maximum Gasteiger partial charge on any atom is 0.269 e. The molecule has 3 aromatic rings. The van der Waals surface area contributed by atoms with Crippen molar-refractivity contribution in [3.05, 3.63) is 47.5 Å². The summed E-state index contributed by atoms with van der Waals surface area (Å²) >= 11 is 0. The molecule has 1 amide bonds. The van der Waals surface area contributed by atoms with Crippen LogP contribution in [-0.2, 0) is 13.6 Å². The van der Waals surface area contributed by atoms with Crippen molar-refractivity contribution in [2.45, 2.75) is 44.6 Å². The molecular formula is C20H22F2N6O. The van der Waals surface area contributed by atoms with Gasteiger partial charge in [-0.05, 0) is 37.1 Å². The molecule has 0 spiro atoms. The van der Waals surface area contributed by atoms with Gasteiger partial charge in [-0.1, -0.05) is 6.42 Å². The molecule has 0 bridgehead atoms. The van der Waals surface area contributed by atoms with Crippen molar-refractivity contribution in [3.63, 3.8) is 0 Å². The summed E-state index contributed by atoms with van der Waals surface area (Å²) in [6.45, 7) is 0.278. The molecule has 152 valence electrons. The zero-order valence-corrected chi connectivity index (χ0v) is 16.1. The predicted molar refractivity (Wildman–Crippen MR) is 103 cm³/mol. The van der Waals surface area contributed by atoms with Crippen LogP contribution in [0.2, 0.25) is 0 Å². The number of carbonyl (C=O) groups is 1. The highest BCUT2D eigenvalue weighted by atomic mass is 19.3. The van der Waals surface area contributed by atoms with Gasteiger partial charge in [0.25, 0.3) is 5.91 Å². The molecule has 1 aromatic carbocycles. The highest BCUT2D eigenvalue weighted by Gasteiger charge is 2.30. The Kier molecular flexibility index (Phi) is 6.22. The van der Waals surface area contributed by atoms with Crippen LogP contribution in [0.5, 0.6) is 0 Å². The predicted octanol–water partition coefficient (Wildman–Crippen LogP) is 3.68. The van der Waals surface area contributed by atoms with Crippen LogP contribution in [0.15, 0.2) is 30.5 Å². The second-order valence-electron chi connectivity index (χ2n) is 6.97. The lowest BCUT2D eigenvalue weighted by atomic mass is 9.97. The number of H-pyrrole nitrogens is 1. The number of aromatic nitrogens is 4. The number of benzene rings is 1. The number of nitrogens with zero attached hydrogens (tertiary/aromatic N) is 4. The summed E-state index contributed by atoms with van der Waals surface area (Å²) in [5.74, 6) is -1.90. The lowest BCUT2D eigenvalue weighted by Crippen LogP contribution is -2.25. The maximum atomic E-state index is 12.2. The summed E-state index contributed by atoms with van der Waals surface area (Å²) < 4.78 is 25.9. The van der Waals surface area contributed by atoms with Crippen LogP contribution in [0.25, 0.3) is 11.0 Å². The van der Waals surface area contributed by atoms with Crippen LogP contribution in [0, 0.1) is 11.3 Å². The first-order valence-electron chi connectivity index (χ1n) is 9.41. The van der Waals surface area contributed by atoms with Crippen LogP contribution >= 0.6 is 0 Å². The van der Waals surface area contributed by atoms with Gasteiger partial charge in [0, 0.05) is 26.1 Å². The Hall–Kier alpha value is -3.28. The van der Waals surface area contributed by atoms with Gasteiger partial charge in [-0.2, -0.15) is 10.4 Å². The smallest absolute Gasteiger partial charge is 0.269 e. The number of hydrogen-bond donors (Lipinski definition) is 2. The highest BCUT2D eigenvalue weighted by Crippen LogP contribution is 2.32. The fourth-order valence-electron chi connectivity index (χ4n) is 3.14. The van der Waals surface area contributed by atoms with Gasteiger partial charge in [0.1, 0.15) is 11.5 Å². The summed E-state index contributed by atoms with van der Waals surface area (Å²) in [6, 6.07) is 8.94. The monoisotopic (exact) mass is 400 g/mol. The summed E-state index contributed by atoms with van der Waals surface area (Å²) in [5.41, 5.74) is 2.59. The molecule has 1 aliphatic carbocycles. The lowest BCUT2D eigenvalue weighted by Gasteiger charge is -2.20. The molecule has 1 aliphatic rings. The molecule has 0 radical (unpaired) electrons. The Morgan fingerprint density at radius 3 is 2.66 bits per heavy atom. The van der Waals surface area contributed by atoms with E-state index in [0.29, 0.717) is 29.9 Å². The topological polar surface area (TPSA) is 99.4 Å². The normalized spacial score (nSPS) is 15.2. The van der Waals surface area contributed by atoms with Gasteiger partial charge in [0.05, 0.1) is 29.2 Å². The second kappa shape index (κ2) is 8.82. The van der Waals surface area contributed by atoms with E-state index in [-0.39, 0.29) is 25.3 Å². The van der Waals surface area contributed by atoms with Crippen LogP contribution in [0.4, 0.5) is 8.78 Å². The zero-order valence-electron chi connectivity index (χ0n) is 16.1. The molecule has 1 fully saturated rings. The van der Waals surface area contributed by atoms with Crippen LogP contribution in [0.1, 0.15) is 54.0 Å². The highest BCUT2D eigenvalue weighted by molar-refractivity contribution is 5.92. The largest absolute Gasteiger partial charge is 0.343 e. The first-order valence-corrected chi connectivity index (χ1v) is 9.41. The number of hydrogen-bond acceptors (Lipinski definition) is 4. The van der Waals surface area contributed by atoms with E-state index in [1.165, 1.54) is 4.68 Å². The Morgan fingerprint density at radius 1 is 1.31 bits per heavy atom. The minimum atomic E-state index is -2.32. The molecule has 29 heavy (non-hydrogen) atoms. The summed E-state index contributed by atoms with van der Waals surface area (Å²) in [6.07, 6.45) is 4.23. The van der Waals surface area contributed by atoms with Crippen molar-refractivity contribution in [2.24, 2.45) is 7.05 Å². The molecule has 2 heterocycles. The van der Waals surface area contributed by atoms with E-state index in [1.54, 1.807) is 37.5 Å². The summed E-state index contributed by atoms with van der Waals surface area (Å²) in [7, 11) is 1.71. The first kappa shape index (κ1) is 20.5. The van der Waals surface area contributed by atoms with Gasteiger partial charge in [-0.25, -0.2) is 13.8 Å². The van der Waals surface area contributed by atoms with E-state index in [4.69, 9.17) is 5.26 Å². The maximum absolute atomic E-state index is 12.2. The Balaban J connectivity index is 0.000000252.